The van der Waals surface area contributed by atoms with E-state index in [-0.39, 0.29) is 11.3 Å². The average molecular weight is 359 g/mol. The summed E-state index contributed by atoms with van der Waals surface area (Å²) in [6.07, 6.45) is -1.01. The summed E-state index contributed by atoms with van der Waals surface area (Å²) in [5.41, 5.74) is 0.454. The Morgan fingerprint density at radius 2 is 1.77 bits per heavy atom. The highest BCUT2D eigenvalue weighted by atomic mass is 19.1. The minimum Gasteiger partial charge on any atom is -0.497 e. The van der Waals surface area contributed by atoms with Crippen molar-refractivity contribution in [3.05, 3.63) is 65.5 Å². The summed E-state index contributed by atoms with van der Waals surface area (Å²) in [6.45, 7) is 1.01. The molecule has 1 amide bonds. The van der Waals surface area contributed by atoms with Crippen LogP contribution in [0, 0.1) is 5.82 Å². The molecular formula is C19H18FNO5. The molecule has 0 saturated carbocycles. The van der Waals surface area contributed by atoms with Crippen LogP contribution < -0.4 is 10.1 Å². The topological polar surface area (TPSA) is 81.7 Å². The van der Waals surface area contributed by atoms with Crippen molar-refractivity contribution in [1.29, 1.82) is 0 Å². The van der Waals surface area contributed by atoms with E-state index >= 15 is 0 Å². The molecule has 0 aliphatic heterocycles. The van der Waals surface area contributed by atoms with Crippen molar-refractivity contribution in [2.45, 2.75) is 13.0 Å². The Hall–Kier alpha value is -3.22. The van der Waals surface area contributed by atoms with E-state index in [0.29, 0.717) is 11.3 Å². The number of benzene rings is 2. The van der Waals surface area contributed by atoms with E-state index in [9.17, 15) is 18.8 Å². The molecule has 2 aromatic carbocycles. The molecule has 0 aliphatic carbocycles. The monoisotopic (exact) mass is 359 g/mol. The number of amides is 1. The number of carbonyl (C=O) groups excluding carboxylic acids is 3. The number of Topliss-reactive ketones (excluding diaryl/α,β-unsaturated/α-hetero) is 1. The van der Waals surface area contributed by atoms with Gasteiger partial charge in [-0.15, -0.1) is 0 Å². The molecule has 2 aromatic rings. The maximum atomic E-state index is 13.1. The lowest BCUT2D eigenvalue weighted by atomic mass is 10.1. The second-order valence-electron chi connectivity index (χ2n) is 5.42. The molecule has 0 radical (unpaired) electrons. The van der Waals surface area contributed by atoms with E-state index in [1.165, 1.54) is 32.2 Å². The van der Waals surface area contributed by atoms with Gasteiger partial charge in [-0.3, -0.25) is 14.4 Å². The molecular weight excluding hydrogens is 341 g/mol. The fourth-order valence-electron chi connectivity index (χ4n) is 2.17. The minimum absolute atomic E-state index is 0.0835. The largest absolute Gasteiger partial charge is 0.497 e. The summed E-state index contributed by atoms with van der Waals surface area (Å²) >= 11 is 0. The van der Waals surface area contributed by atoms with Gasteiger partial charge in [0.25, 0.3) is 5.91 Å². The van der Waals surface area contributed by atoms with E-state index in [1.54, 1.807) is 24.3 Å². The lowest BCUT2D eigenvalue weighted by Gasteiger charge is -2.13. The van der Waals surface area contributed by atoms with Crippen LogP contribution in [0.3, 0.4) is 0 Å². The highest BCUT2D eigenvalue weighted by Gasteiger charge is 2.20. The third-order valence-corrected chi connectivity index (χ3v) is 3.53. The highest BCUT2D eigenvalue weighted by Crippen LogP contribution is 2.13. The number of halogens is 1. The normalized spacial score (nSPS) is 11.3. The van der Waals surface area contributed by atoms with Gasteiger partial charge in [0, 0.05) is 11.1 Å². The minimum atomic E-state index is -1.01. The Balaban J connectivity index is 1.86. The summed E-state index contributed by atoms with van der Waals surface area (Å²) in [7, 11) is 1.51. The van der Waals surface area contributed by atoms with E-state index in [0.717, 1.165) is 6.07 Å². The zero-order chi connectivity index (χ0) is 19.1. The fraction of sp³-hybridized carbons (Fsp3) is 0.211. The zero-order valence-electron chi connectivity index (χ0n) is 14.3. The van der Waals surface area contributed by atoms with Crippen molar-refractivity contribution in [3.63, 3.8) is 0 Å². The van der Waals surface area contributed by atoms with Crippen LogP contribution in [-0.4, -0.2) is 37.4 Å². The number of ether oxygens (including phenoxy) is 2. The van der Waals surface area contributed by atoms with Crippen LogP contribution in [0.5, 0.6) is 5.75 Å². The number of nitrogens with one attached hydrogen (secondary N) is 1. The molecule has 0 saturated heterocycles. The molecule has 0 unspecified atom stereocenters. The smallest absolute Gasteiger partial charge is 0.326 e. The third kappa shape index (κ3) is 5.14. The van der Waals surface area contributed by atoms with Gasteiger partial charge in [0.2, 0.25) is 5.78 Å². The van der Waals surface area contributed by atoms with E-state index in [1.807, 2.05) is 0 Å². The van der Waals surface area contributed by atoms with Gasteiger partial charge < -0.3 is 14.8 Å². The zero-order valence-corrected chi connectivity index (χ0v) is 14.3. The van der Waals surface area contributed by atoms with Crippen LogP contribution in [0.4, 0.5) is 4.39 Å². The van der Waals surface area contributed by atoms with Gasteiger partial charge in [-0.2, -0.15) is 0 Å². The predicted molar refractivity (Wildman–Crippen MR) is 91.6 cm³/mol. The molecule has 2 rings (SSSR count). The molecule has 0 spiro atoms. The maximum absolute atomic E-state index is 13.1. The van der Waals surface area contributed by atoms with Gasteiger partial charge in [0.05, 0.1) is 7.11 Å². The standard InChI is InChI=1S/C19H18FNO5/c1-12(18(23)13-6-8-16(25-2)9-7-13)26-17(22)11-21-19(24)14-4-3-5-15(20)10-14/h3-10,12H,11H2,1-2H3,(H,21,24)/t12-/m0/s1. The number of methoxy groups -OCH3 is 1. The number of carbonyl (C=O) groups is 3. The van der Waals surface area contributed by atoms with E-state index in [4.69, 9.17) is 9.47 Å². The first-order valence-corrected chi connectivity index (χ1v) is 7.82. The van der Waals surface area contributed by atoms with Gasteiger partial charge in [0.15, 0.2) is 6.10 Å². The van der Waals surface area contributed by atoms with Crippen LogP contribution in [0.2, 0.25) is 0 Å². The van der Waals surface area contributed by atoms with Gasteiger partial charge in [-0.05, 0) is 49.4 Å². The third-order valence-electron chi connectivity index (χ3n) is 3.53. The Kier molecular flexibility index (Phi) is 6.43. The molecule has 0 bridgehead atoms. The number of hydrogen-bond acceptors (Lipinski definition) is 5. The number of rotatable bonds is 7. The van der Waals surface area contributed by atoms with Crippen LogP contribution in [-0.2, 0) is 9.53 Å². The van der Waals surface area contributed by atoms with Crippen molar-refractivity contribution in [3.8, 4) is 5.75 Å². The number of hydrogen-bond donors (Lipinski definition) is 1. The Labute approximate surface area is 149 Å². The fourth-order valence-corrected chi connectivity index (χ4v) is 2.17. The molecule has 1 atom stereocenters. The molecule has 7 heteroatoms. The second-order valence-corrected chi connectivity index (χ2v) is 5.42. The van der Waals surface area contributed by atoms with Crippen molar-refractivity contribution >= 4 is 17.7 Å². The summed E-state index contributed by atoms with van der Waals surface area (Å²) in [5.74, 6) is -1.72. The van der Waals surface area contributed by atoms with Crippen LogP contribution in [0.25, 0.3) is 0 Å². The summed E-state index contributed by atoms with van der Waals surface area (Å²) < 4.78 is 23.1. The molecule has 0 aliphatic rings. The molecule has 0 heterocycles. The van der Waals surface area contributed by atoms with Gasteiger partial charge in [0.1, 0.15) is 18.1 Å². The first-order chi connectivity index (χ1) is 12.4. The number of esters is 1. The first-order valence-electron chi connectivity index (χ1n) is 7.82. The van der Waals surface area contributed by atoms with E-state index in [2.05, 4.69) is 5.32 Å². The second kappa shape index (κ2) is 8.75. The molecule has 136 valence electrons. The average Bonchev–Trinajstić information content (AvgIpc) is 2.65. The van der Waals surface area contributed by atoms with Gasteiger partial charge >= 0.3 is 5.97 Å². The van der Waals surface area contributed by atoms with Crippen molar-refractivity contribution in [2.75, 3.05) is 13.7 Å². The molecule has 0 aromatic heterocycles. The summed E-state index contributed by atoms with van der Waals surface area (Å²) in [5, 5.41) is 2.32. The maximum Gasteiger partial charge on any atom is 0.326 e. The summed E-state index contributed by atoms with van der Waals surface area (Å²) in [4.78, 5) is 35.9. The lowest BCUT2D eigenvalue weighted by Crippen LogP contribution is -2.34. The van der Waals surface area contributed by atoms with Crippen LogP contribution in [0.1, 0.15) is 27.6 Å². The molecule has 1 N–H and O–H groups in total. The van der Waals surface area contributed by atoms with E-state index < -0.39 is 30.3 Å². The first kappa shape index (κ1) is 19.1. The lowest BCUT2D eigenvalue weighted by molar-refractivity contribution is -0.145. The predicted octanol–water partition coefficient (Wildman–Crippen LogP) is 2.38. The number of ketones is 1. The van der Waals surface area contributed by atoms with Crippen LogP contribution in [0.15, 0.2) is 48.5 Å². The van der Waals surface area contributed by atoms with Gasteiger partial charge in [-0.1, -0.05) is 6.07 Å². The van der Waals surface area contributed by atoms with Crippen LogP contribution >= 0.6 is 0 Å². The molecule has 6 nitrogen and oxygen atoms in total. The quantitative estimate of drug-likeness (QED) is 0.606. The van der Waals surface area contributed by atoms with Crippen molar-refractivity contribution < 1.29 is 28.2 Å². The molecule has 0 fully saturated rings. The Bertz CT molecular complexity index is 804. The highest BCUT2D eigenvalue weighted by molar-refractivity contribution is 6.00. The Morgan fingerprint density at radius 3 is 2.38 bits per heavy atom. The SMILES string of the molecule is COc1ccc(C(=O)[C@H](C)OC(=O)CNC(=O)c2cccc(F)c2)cc1. The summed E-state index contributed by atoms with van der Waals surface area (Å²) in [6, 6.07) is 11.4. The Morgan fingerprint density at radius 1 is 1.08 bits per heavy atom. The van der Waals surface area contributed by atoms with Crippen molar-refractivity contribution in [2.24, 2.45) is 0 Å². The van der Waals surface area contributed by atoms with Crippen molar-refractivity contribution in [1.82, 2.24) is 5.32 Å². The molecule has 26 heavy (non-hydrogen) atoms. The van der Waals surface area contributed by atoms with Gasteiger partial charge in [-0.25, -0.2) is 4.39 Å².